The first-order chi connectivity index (χ1) is 17.0. The van der Waals surface area contributed by atoms with E-state index in [0.717, 1.165) is 22.3 Å². The number of nitrogens with one attached hydrogen (secondary N) is 2. The Morgan fingerprint density at radius 2 is 1.57 bits per heavy atom. The van der Waals surface area contributed by atoms with E-state index in [2.05, 4.69) is 38.6 Å². The summed E-state index contributed by atoms with van der Waals surface area (Å²) in [6.45, 7) is 4.51. The van der Waals surface area contributed by atoms with Crippen LogP contribution in [0.5, 0.6) is 0 Å². The number of nitriles is 1. The number of anilines is 1. The summed E-state index contributed by atoms with van der Waals surface area (Å²) in [4.78, 5) is 26.1. The van der Waals surface area contributed by atoms with Gasteiger partial charge in [-0.1, -0.05) is 49.4 Å². The molecule has 1 amide bonds. The maximum atomic E-state index is 13.3. The summed E-state index contributed by atoms with van der Waals surface area (Å²) in [6, 6.07) is 22.4. The minimum Gasteiger partial charge on any atom is -0.309 e. The fourth-order valence-electron chi connectivity index (χ4n) is 3.68. The lowest BCUT2D eigenvalue weighted by molar-refractivity contribution is -0.118. The van der Waals surface area contributed by atoms with E-state index in [0.29, 0.717) is 23.8 Å². The Morgan fingerprint density at radius 1 is 0.886 bits per heavy atom. The number of carbonyl (C=O) groups excluding carboxylic acids is 1. The summed E-state index contributed by atoms with van der Waals surface area (Å²) in [5.41, 5.74) is 4.33. The van der Waals surface area contributed by atoms with Crippen molar-refractivity contribution in [2.24, 2.45) is 0 Å². The normalized spacial score (nSPS) is 12.4. The van der Waals surface area contributed by atoms with Crippen molar-refractivity contribution in [1.29, 1.82) is 5.26 Å². The van der Waals surface area contributed by atoms with Crippen molar-refractivity contribution in [3.63, 3.8) is 0 Å². The SMILES string of the molecule is Cc1ncc(-c2ccc(NC(=O)C(NC[C@@H](C)c3ccc(C#N)cc3)c3ccccc3)nc2)cn1. The van der Waals surface area contributed by atoms with Gasteiger partial charge in [-0.05, 0) is 48.2 Å². The van der Waals surface area contributed by atoms with Crippen molar-refractivity contribution in [2.45, 2.75) is 25.8 Å². The van der Waals surface area contributed by atoms with E-state index in [9.17, 15) is 4.79 Å². The van der Waals surface area contributed by atoms with E-state index in [1.165, 1.54) is 0 Å². The highest BCUT2D eigenvalue weighted by Gasteiger charge is 2.21. The van der Waals surface area contributed by atoms with Crippen LogP contribution in [0.3, 0.4) is 0 Å². The van der Waals surface area contributed by atoms with E-state index in [1.807, 2.05) is 67.6 Å². The molecule has 0 radical (unpaired) electrons. The third-order valence-corrected chi connectivity index (χ3v) is 5.76. The van der Waals surface area contributed by atoms with Gasteiger partial charge in [-0.15, -0.1) is 0 Å². The lowest BCUT2D eigenvalue weighted by Gasteiger charge is -2.21. The molecule has 7 nitrogen and oxygen atoms in total. The van der Waals surface area contributed by atoms with Gasteiger partial charge in [0.05, 0.1) is 11.6 Å². The first-order valence-electron chi connectivity index (χ1n) is 11.4. The number of rotatable bonds is 8. The predicted molar refractivity (Wildman–Crippen MR) is 135 cm³/mol. The number of pyridine rings is 1. The zero-order valence-electron chi connectivity index (χ0n) is 19.6. The van der Waals surface area contributed by atoms with E-state index >= 15 is 0 Å². The first-order valence-corrected chi connectivity index (χ1v) is 11.4. The third-order valence-electron chi connectivity index (χ3n) is 5.76. The van der Waals surface area contributed by atoms with E-state index in [4.69, 9.17) is 5.26 Å². The molecule has 0 saturated carbocycles. The molecule has 0 aliphatic carbocycles. The zero-order valence-corrected chi connectivity index (χ0v) is 19.6. The molecule has 1 unspecified atom stereocenters. The number of hydrogen-bond acceptors (Lipinski definition) is 6. The van der Waals surface area contributed by atoms with Gasteiger partial charge in [0.2, 0.25) is 5.91 Å². The fourth-order valence-corrected chi connectivity index (χ4v) is 3.68. The second kappa shape index (κ2) is 11.1. The Balaban J connectivity index is 1.46. The van der Waals surface area contributed by atoms with E-state index in [-0.39, 0.29) is 11.8 Å². The highest BCUT2D eigenvalue weighted by molar-refractivity contribution is 5.95. The number of nitrogens with zero attached hydrogens (tertiary/aromatic N) is 4. The fraction of sp³-hybridized carbons (Fsp3) is 0.179. The minimum atomic E-state index is -0.552. The molecule has 2 aromatic carbocycles. The molecule has 4 rings (SSSR count). The average Bonchev–Trinajstić information content (AvgIpc) is 2.90. The molecule has 0 bridgehead atoms. The van der Waals surface area contributed by atoms with E-state index < -0.39 is 6.04 Å². The summed E-state index contributed by atoms with van der Waals surface area (Å²) in [5, 5.41) is 15.3. The lowest BCUT2D eigenvalue weighted by atomic mass is 9.98. The topological polar surface area (TPSA) is 104 Å². The van der Waals surface area contributed by atoms with Gasteiger partial charge in [0.15, 0.2) is 0 Å². The molecule has 2 N–H and O–H groups in total. The number of aryl methyl sites for hydroxylation is 1. The van der Waals surface area contributed by atoms with Gasteiger partial charge in [-0.2, -0.15) is 5.26 Å². The molecule has 7 heteroatoms. The van der Waals surface area contributed by atoms with Crippen molar-refractivity contribution in [1.82, 2.24) is 20.3 Å². The van der Waals surface area contributed by atoms with Crippen LogP contribution in [0, 0.1) is 18.3 Å². The van der Waals surface area contributed by atoms with Crippen LogP contribution in [0.15, 0.2) is 85.3 Å². The van der Waals surface area contributed by atoms with Crippen LogP contribution < -0.4 is 10.6 Å². The Bertz CT molecular complexity index is 1300. The number of hydrogen-bond donors (Lipinski definition) is 2. The second-order valence-electron chi connectivity index (χ2n) is 8.33. The van der Waals surface area contributed by atoms with Gasteiger partial charge in [0.1, 0.15) is 17.7 Å². The van der Waals surface area contributed by atoms with Gasteiger partial charge in [-0.25, -0.2) is 15.0 Å². The molecule has 2 heterocycles. The van der Waals surface area contributed by atoms with Gasteiger partial charge >= 0.3 is 0 Å². The van der Waals surface area contributed by atoms with Crippen molar-refractivity contribution < 1.29 is 4.79 Å². The zero-order chi connectivity index (χ0) is 24.6. The molecule has 35 heavy (non-hydrogen) atoms. The predicted octanol–water partition coefficient (Wildman–Crippen LogP) is 4.79. The molecular formula is C28H26N6O. The van der Waals surface area contributed by atoms with Crippen LogP contribution in [-0.4, -0.2) is 27.4 Å². The molecule has 0 saturated heterocycles. The van der Waals surface area contributed by atoms with Gasteiger partial charge in [0, 0.05) is 36.3 Å². The van der Waals surface area contributed by atoms with Crippen molar-refractivity contribution in [3.8, 4) is 17.2 Å². The molecule has 0 spiro atoms. The molecule has 0 fully saturated rings. The van der Waals surface area contributed by atoms with Crippen LogP contribution in [0.4, 0.5) is 5.82 Å². The molecule has 0 aliphatic heterocycles. The molecule has 2 atom stereocenters. The largest absolute Gasteiger partial charge is 0.309 e. The lowest BCUT2D eigenvalue weighted by Crippen LogP contribution is -2.35. The Kier molecular flexibility index (Phi) is 7.56. The molecular weight excluding hydrogens is 436 g/mol. The van der Waals surface area contributed by atoms with Crippen LogP contribution in [0.1, 0.15) is 41.4 Å². The standard InChI is InChI=1S/C28H26N6O/c1-19(22-10-8-21(14-29)9-11-22)15-33-27(23-6-4-3-5-7-23)28(35)34-26-13-12-24(16-32-26)25-17-30-20(2)31-18-25/h3-13,16-19,27,33H,15H2,1-2H3,(H,32,34,35)/t19-,27?/m1/s1. The minimum absolute atomic E-state index is 0.149. The van der Waals surface area contributed by atoms with Crippen molar-refractivity contribution >= 4 is 11.7 Å². The van der Waals surface area contributed by atoms with Gasteiger partial charge < -0.3 is 10.6 Å². The smallest absolute Gasteiger partial charge is 0.247 e. The van der Waals surface area contributed by atoms with Crippen LogP contribution in [0.2, 0.25) is 0 Å². The van der Waals surface area contributed by atoms with Gasteiger partial charge in [-0.3, -0.25) is 4.79 Å². The summed E-state index contributed by atoms with van der Waals surface area (Å²) in [6.07, 6.45) is 5.20. The molecule has 174 valence electrons. The second-order valence-corrected chi connectivity index (χ2v) is 8.33. The number of amides is 1. The summed E-state index contributed by atoms with van der Waals surface area (Å²) in [5.74, 6) is 1.13. The van der Waals surface area contributed by atoms with Gasteiger partial charge in [0.25, 0.3) is 0 Å². The summed E-state index contributed by atoms with van der Waals surface area (Å²) < 4.78 is 0. The monoisotopic (exact) mass is 462 g/mol. The first kappa shape index (κ1) is 23.7. The maximum absolute atomic E-state index is 13.3. The Hall–Kier alpha value is -4.41. The third kappa shape index (κ3) is 6.14. The van der Waals surface area contributed by atoms with Crippen molar-refractivity contribution in [2.75, 3.05) is 11.9 Å². The number of aromatic nitrogens is 3. The molecule has 0 aliphatic rings. The summed E-state index contributed by atoms with van der Waals surface area (Å²) in [7, 11) is 0. The highest BCUT2D eigenvalue weighted by atomic mass is 16.2. The van der Waals surface area contributed by atoms with Crippen molar-refractivity contribution in [3.05, 3.63) is 108 Å². The quantitative estimate of drug-likeness (QED) is 0.390. The van der Waals surface area contributed by atoms with Crippen LogP contribution >= 0.6 is 0 Å². The highest BCUT2D eigenvalue weighted by Crippen LogP contribution is 2.21. The number of carbonyl (C=O) groups is 1. The molecule has 4 aromatic rings. The number of benzene rings is 2. The van der Waals surface area contributed by atoms with Crippen LogP contribution in [0.25, 0.3) is 11.1 Å². The van der Waals surface area contributed by atoms with Crippen LogP contribution in [-0.2, 0) is 4.79 Å². The summed E-state index contributed by atoms with van der Waals surface area (Å²) >= 11 is 0. The maximum Gasteiger partial charge on any atom is 0.247 e. The van der Waals surface area contributed by atoms with E-state index in [1.54, 1.807) is 24.7 Å². The average molecular weight is 463 g/mol. The molecule has 2 aromatic heterocycles. The Morgan fingerprint density at radius 3 is 2.20 bits per heavy atom. The Labute approximate surface area is 204 Å².